The third kappa shape index (κ3) is 2.37. The predicted octanol–water partition coefficient (Wildman–Crippen LogP) is 1.69. The van der Waals surface area contributed by atoms with Gasteiger partial charge in [0.05, 0.1) is 5.56 Å². The zero-order valence-corrected chi connectivity index (χ0v) is 11.7. The minimum absolute atomic E-state index is 0.0286. The van der Waals surface area contributed by atoms with Crippen LogP contribution in [0.2, 0.25) is 0 Å². The molecule has 0 saturated heterocycles. The van der Waals surface area contributed by atoms with E-state index in [-0.39, 0.29) is 6.01 Å². The van der Waals surface area contributed by atoms with Crippen LogP contribution in [0, 0.1) is 0 Å². The zero-order chi connectivity index (χ0) is 14.9. The summed E-state index contributed by atoms with van der Waals surface area (Å²) in [7, 11) is 0. The summed E-state index contributed by atoms with van der Waals surface area (Å²) in [5.41, 5.74) is 8.85. The summed E-state index contributed by atoms with van der Waals surface area (Å²) >= 11 is 0. The summed E-state index contributed by atoms with van der Waals surface area (Å²) in [6, 6.07) is 8.83. The highest BCUT2D eigenvalue weighted by Crippen LogP contribution is 2.23. The number of hydrogen-bond acceptors (Lipinski definition) is 7. The smallest absolute Gasteiger partial charge is 0.319 e. The van der Waals surface area contributed by atoms with Gasteiger partial charge in [-0.05, 0) is 24.0 Å². The molecule has 22 heavy (non-hydrogen) atoms. The summed E-state index contributed by atoms with van der Waals surface area (Å²) < 4.78 is 4.74. The molecule has 0 unspecified atom stereocenters. The van der Waals surface area contributed by atoms with E-state index in [1.807, 2.05) is 0 Å². The molecule has 1 aliphatic rings. The number of anilines is 2. The Morgan fingerprint density at radius 3 is 2.36 bits per heavy atom. The van der Waals surface area contributed by atoms with Crippen molar-refractivity contribution in [3.8, 4) is 11.4 Å². The van der Waals surface area contributed by atoms with Crippen molar-refractivity contribution in [2.24, 2.45) is 0 Å². The first kappa shape index (κ1) is 12.8. The lowest BCUT2D eigenvalue weighted by molar-refractivity contribution is 0.437. The number of aromatic nitrogens is 4. The number of nitrogens with zero attached hydrogens (tertiary/aromatic N) is 4. The van der Waals surface area contributed by atoms with Gasteiger partial charge in [-0.15, -0.1) is 0 Å². The van der Waals surface area contributed by atoms with Crippen LogP contribution in [0.25, 0.3) is 11.4 Å². The van der Waals surface area contributed by atoms with Gasteiger partial charge >= 0.3 is 6.01 Å². The molecule has 3 aromatic rings. The zero-order valence-electron chi connectivity index (χ0n) is 11.7. The quantitative estimate of drug-likeness (QED) is 0.757. The van der Waals surface area contributed by atoms with Crippen LogP contribution in [-0.2, 0) is 12.8 Å². The van der Waals surface area contributed by atoms with Crippen molar-refractivity contribution in [1.29, 1.82) is 0 Å². The SMILES string of the molecule is Nc1nc(-c2cnc(NC3Cc4ccccc4C3)nc2)no1. The Kier molecular flexibility index (Phi) is 2.96. The van der Waals surface area contributed by atoms with Crippen molar-refractivity contribution >= 4 is 12.0 Å². The van der Waals surface area contributed by atoms with Crippen molar-refractivity contribution in [1.82, 2.24) is 20.1 Å². The summed E-state index contributed by atoms with van der Waals surface area (Å²) in [5.74, 6) is 0.982. The average Bonchev–Trinajstić information content (AvgIpc) is 3.13. The van der Waals surface area contributed by atoms with E-state index in [2.05, 4.69) is 49.7 Å². The molecule has 3 N–H and O–H groups in total. The van der Waals surface area contributed by atoms with Crippen LogP contribution in [0.5, 0.6) is 0 Å². The normalized spacial score (nSPS) is 14.0. The molecular formula is C15H14N6O. The van der Waals surface area contributed by atoms with E-state index in [1.54, 1.807) is 12.4 Å². The fourth-order valence-electron chi connectivity index (χ4n) is 2.71. The first-order chi connectivity index (χ1) is 10.8. The first-order valence-electron chi connectivity index (χ1n) is 7.03. The summed E-state index contributed by atoms with van der Waals surface area (Å²) in [4.78, 5) is 12.6. The molecular weight excluding hydrogens is 280 g/mol. The van der Waals surface area contributed by atoms with E-state index in [4.69, 9.17) is 10.3 Å². The van der Waals surface area contributed by atoms with Gasteiger partial charge in [0.2, 0.25) is 11.8 Å². The summed E-state index contributed by atoms with van der Waals surface area (Å²) in [5, 5.41) is 7.10. The topological polar surface area (TPSA) is 103 Å². The van der Waals surface area contributed by atoms with Gasteiger partial charge in [-0.1, -0.05) is 29.4 Å². The summed E-state index contributed by atoms with van der Waals surface area (Å²) in [6.45, 7) is 0. The van der Waals surface area contributed by atoms with Crippen molar-refractivity contribution in [2.45, 2.75) is 18.9 Å². The molecule has 2 aromatic heterocycles. The Labute approximate surface area is 126 Å². The molecule has 1 aromatic carbocycles. The predicted molar refractivity (Wildman–Crippen MR) is 81.0 cm³/mol. The number of nitrogen functional groups attached to an aromatic ring is 1. The number of hydrogen-bond donors (Lipinski definition) is 2. The van der Waals surface area contributed by atoms with Gasteiger partial charge in [0.1, 0.15) is 0 Å². The monoisotopic (exact) mass is 294 g/mol. The van der Waals surface area contributed by atoms with Crippen molar-refractivity contribution < 1.29 is 4.52 Å². The fraction of sp³-hybridized carbons (Fsp3) is 0.200. The second kappa shape index (κ2) is 5.10. The maximum absolute atomic E-state index is 5.40. The van der Waals surface area contributed by atoms with Gasteiger partial charge in [0, 0.05) is 18.4 Å². The number of benzene rings is 1. The van der Waals surface area contributed by atoms with E-state index in [0.717, 1.165) is 12.8 Å². The molecule has 7 nitrogen and oxygen atoms in total. The number of nitrogens with one attached hydrogen (secondary N) is 1. The molecule has 1 aliphatic carbocycles. The molecule has 2 heterocycles. The second-order valence-electron chi connectivity index (χ2n) is 5.27. The Morgan fingerprint density at radius 2 is 1.77 bits per heavy atom. The molecule has 0 radical (unpaired) electrons. The van der Waals surface area contributed by atoms with Crippen molar-refractivity contribution in [2.75, 3.05) is 11.1 Å². The van der Waals surface area contributed by atoms with E-state index >= 15 is 0 Å². The molecule has 0 spiro atoms. The van der Waals surface area contributed by atoms with Gasteiger partial charge in [-0.3, -0.25) is 0 Å². The van der Waals surface area contributed by atoms with Gasteiger partial charge in [-0.25, -0.2) is 9.97 Å². The van der Waals surface area contributed by atoms with E-state index in [1.165, 1.54) is 11.1 Å². The number of rotatable bonds is 3. The van der Waals surface area contributed by atoms with Crippen LogP contribution < -0.4 is 11.1 Å². The van der Waals surface area contributed by atoms with Crippen LogP contribution in [0.3, 0.4) is 0 Å². The minimum Gasteiger partial charge on any atom is -0.351 e. The maximum atomic E-state index is 5.40. The third-order valence-electron chi connectivity index (χ3n) is 3.74. The first-order valence-corrected chi connectivity index (χ1v) is 7.03. The van der Waals surface area contributed by atoms with Gasteiger partial charge in [0.25, 0.3) is 0 Å². The number of nitrogens with two attached hydrogens (primary N) is 1. The molecule has 110 valence electrons. The molecule has 0 amide bonds. The highest BCUT2D eigenvalue weighted by Gasteiger charge is 2.21. The fourth-order valence-corrected chi connectivity index (χ4v) is 2.71. The average molecular weight is 294 g/mol. The Morgan fingerprint density at radius 1 is 1.09 bits per heavy atom. The maximum Gasteiger partial charge on any atom is 0.319 e. The molecule has 0 saturated carbocycles. The largest absolute Gasteiger partial charge is 0.351 e. The standard InChI is InChI=1S/C15H14N6O/c16-14-20-13(21-22-14)11-7-17-15(18-8-11)19-12-5-9-3-1-2-4-10(9)6-12/h1-4,7-8,12H,5-6H2,(H2,16,20,21)(H,17,18,19). The molecule has 4 rings (SSSR count). The molecule has 0 fully saturated rings. The highest BCUT2D eigenvalue weighted by molar-refractivity contribution is 5.53. The minimum atomic E-state index is 0.0286. The third-order valence-corrected chi connectivity index (χ3v) is 3.74. The van der Waals surface area contributed by atoms with Crippen LogP contribution in [-0.4, -0.2) is 26.2 Å². The van der Waals surface area contributed by atoms with Crippen LogP contribution in [0.15, 0.2) is 41.2 Å². The lowest BCUT2D eigenvalue weighted by atomic mass is 10.1. The Hall–Kier alpha value is -2.96. The van der Waals surface area contributed by atoms with Crippen LogP contribution in [0.4, 0.5) is 12.0 Å². The van der Waals surface area contributed by atoms with Gasteiger partial charge in [-0.2, -0.15) is 4.98 Å². The molecule has 0 bridgehead atoms. The molecule has 0 aliphatic heterocycles. The Balaban J connectivity index is 1.46. The van der Waals surface area contributed by atoms with Crippen molar-refractivity contribution in [3.05, 3.63) is 47.8 Å². The Bertz CT molecular complexity index is 773. The number of fused-ring (bicyclic) bond motifs is 1. The molecule has 0 atom stereocenters. The van der Waals surface area contributed by atoms with Crippen molar-refractivity contribution in [3.63, 3.8) is 0 Å². The van der Waals surface area contributed by atoms with Crippen LogP contribution in [0.1, 0.15) is 11.1 Å². The lowest BCUT2D eigenvalue weighted by Crippen LogP contribution is -2.20. The van der Waals surface area contributed by atoms with Gasteiger partial charge in [0.15, 0.2) is 0 Å². The second-order valence-corrected chi connectivity index (χ2v) is 5.27. The van der Waals surface area contributed by atoms with E-state index in [0.29, 0.717) is 23.4 Å². The summed E-state index contributed by atoms with van der Waals surface area (Å²) in [6.07, 6.45) is 5.29. The lowest BCUT2D eigenvalue weighted by Gasteiger charge is -2.11. The van der Waals surface area contributed by atoms with Gasteiger partial charge < -0.3 is 15.6 Å². The molecule has 7 heteroatoms. The van der Waals surface area contributed by atoms with Crippen LogP contribution >= 0.6 is 0 Å². The highest BCUT2D eigenvalue weighted by atomic mass is 16.5. The van der Waals surface area contributed by atoms with E-state index < -0.39 is 0 Å². The van der Waals surface area contributed by atoms with E-state index in [9.17, 15) is 0 Å².